The van der Waals surface area contributed by atoms with E-state index in [1.54, 1.807) is 7.11 Å². The second kappa shape index (κ2) is 5.00. The Morgan fingerprint density at radius 1 is 1.44 bits per heavy atom. The van der Waals surface area contributed by atoms with Gasteiger partial charge in [0.25, 0.3) is 0 Å². The highest BCUT2D eigenvalue weighted by Crippen LogP contribution is 2.34. The van der Waals surface area contributed by atoms with E-state index < -0.39 is 0 Å². The van der Waals surface area contributed by atoms with Crippen molar-refractivity contribution in [2.75, 3.05) is 12.5 Å². The number of hydrazine groups is 1. The van der Waals surface area contributed by atoms with E-state index in [0.29, 0.717) is 10.8 Å². The number of hydrogen-bond acceptors (Lipinski definition) is 4. The molecule has 0 atom stereocenters. The minimum atomic E-state index is 0.548. The molecule has 1 aromatic carbocycles. The van der Waals surface area contributed by atoms with Crippen molar-refractivity contribution >= 4 is 28.2 Å². The van der Waals surface area contributed by atoms with Gasteiger partial charge in [-0.05, 0) is 25.0 Å². The van der Waals surface area contributed by atoms with Crippen LogP contribution in [0.5, 0.6) is 5.75 Å². The largest absolute Gasteiger partial charge is 0.495 e. The summed E-state index contributed by atoms with van der Waals surface area (Å²) in [4.78, 5) is 4.62. The Bertz CT molecular complexity index is 593. The molecule has 0 aliphatic rings. The van der Waals surface area contributed by atoms with Crippen LogP contribution < -0.4 is 16.0 Å². The van der Waals surface area contributed by atoms with Crippen LogP contribution in [0.1, 0.15) is 18.2 Å². The smallest absolute Gasteiger partial charge is 0.139 e. The predicted molar refractivity (Wildman–Crippen MR) is 75.2 cm³/mol. The molecule has 0 bridgehead atoms. The minimum Gasteiger partial charge on any atom is -0.495 e. The number of methoxy groups -OCH3 is 1. The maximum Gasteiger partial charge on any atom is 0.139 e. The number of anilines is 1. The zero-order valence-corrected chi connectivity index (χ0v) is 11.4. The SMILES string of the molecule is CCc1nc2cc(OC)c(Cl)cc2c(NN)c1C. The Morgan fingerprint density at radius 2 is 2.17 bits per heavy atom. The van der Waals surface area contributed by atoms with Gasteiger partial charge in [-0.1, -0.05) is 18.5 Å². The van der Waals surface area contributed by atoms with Crippen molar-refractivity contribution in [1.82, 2.24) is 4.98 Å². The molecule has 0 unspecified atom stereocenters. The molecule has 0 radical (unpaired) electrons. The summed E-state index contributed by atoms with van der Waals surface area (Å²) in [5.74, 6) is 6.23. The molecule has 2 rings (SSSR count). The lowest BCUT2D eigenvalue weighted by atomic mass is 10.1. The molecule has 0 fully saturated rings. The number of nitrogen functional groups attached to an aromatic ring is 1. The molecule has 3 N–H and O–H groups in total. The molecule has 5 heteroatoms. The van der Waals surface area contributed by atoms with Gasteiger partial charge < -0.3 is 10.2 Å². The van der Waals surface area contributed by atoms with Crippen molar-refractivity contribution in [3.05, 3.63) is 28.4 Å². The Morgan fingerprint density at radius 3 is 2.72 bits per heavy atom. The van der Waals surface area contributed by atoms with Crippen molar-refractivity contribution in [3.8, 4) is 5.75 Å². The Labute approximate surface area is 111 Å². The van der Waals surface area contributed by atoms with E-state index in [2.05, 4.69) is 17.3 Å². The number of fused-ring (bicyclic) bond motifs is 1. The summed E-state index contributed by atoms with van der Waals surface area (Å²) >= 11 is 6.14. The van der Waals surface area contributed by atoms with Crippen molar-refractivity contribution in [2.45, 2.75) is 20.3 Å². The zero-order chi connectivity index (χ0) is 13.3. The normalized spacial score (nSPS) is 10.7. The molecule has 96 valence electrons. The summed E-state index contributed by atoms with van der Waals surface area (Å²) in [5.41, 5.74) is 6.49. The van der Waals surface area contributed by atoms with Gasteiger partial charge in [-0.15, -0.1) is 0 Å². The Hall–Kier alpha value is -1.52. The second-order valence-corrected chi connectivity index (χ2v) is 4.47. The molecule has 0 saturated heterocycles. The predicted octanol–water partition coefficient (Wildman–Crippen LogP) is 3.05. The van der Waals surface area contributed by atoms with Gasteiger partial charge in [0.2, 0.25) is 0 Å². The van der Waals surface area contributed by atoms with E-state index in [1.807, 2.05) is 19.1 Å². The summed E-state index contributed by atoms with van der Waals surface area (Å²) in [5, 5.41) is 1.45. The summed E-state index contributed by atoms with van der Waals surface area (Å²) in [7, 11) is 1.59. The van der Waals surface area contributed by atoms with Crippen LogP contribution in [0.25, 0.3) is 10.9 Å². The number of benzene rings is 1. The fourth-order valence-electron chi connectivity index (χ4n) is 2.10. The van der Waals surface area contributed by atoms with Gasteiger partial charge in [-0.2, -0.15) is 0 Å². The molecule has 0 aliphatic carbocycles. The van der Waals surface area contributed by atoms with Crippen LogP contribution in [0.3, 0.4) is 0 Å². The molecule has 0 spiro atoms. The first-order chi connectivity index (χ1) is 8.62. The van der Waals surface area contributed by atoms with E-state index in [9.17, 15) is 0 Å². The zero-order valence-electron chi connectivity index (χ0n) is 10.7. The lowest BCUT2D eigenvalue weighted by molar-refractivity contribution is 0.415. The molecule has 0 saturated carbocycles. The first kappa shape index (κ1) is 12.9. The maximum absolute atomic E-state index is 6.14. The van der Waals surface area contributed by atoms with Gasteiger partial charge in [0, 0.05) is 17.1 Å². The van der Waals surface area contributed by atoms with Crippen molar-refractivity contribution < 1.29 is 4.74 Å². The van der Waals surface area contributed by atoms with E-state index in [-0.39, 0.29) is 0 Å². The summed E-state index contributed by atoms with van der Waals surface area (Å²) in [6.07, 6.45) is 0.849. The first-order valence-corrected chi connectivity index (χ1v) is 6.13. The fourth-order valence-corrected chi connectivity index (χ4v) is 2.34. The number of pyridine rings is 1. The van der Waals surface area contributed by atoms with Crippen LogP contribution >= 0.6 is 11.6 Å². The van der Waals surface area contributed by atoms with Crippen LogP contribution in [-0.4, -0.2) is 12.1 Å². The van der Waals surface area contributed by atoms with Gasteiger partial charge in [0.1, 0.15) is 5.75 Å². The maximum atomic E-state index is 6.14. The number of nitrogens with two attached hydrogens (primary N) is 1. The number of ether oxygens (including phenoxy) is 1. The third-order valence-electron chi connectivity index (χ3n) is 3.08. The van der Waals surface area contributed by atoms with E-state index in [4.69, 9.17) is 22.2 Å². The molecule has 0 aliphatic heterocycles. The third kappa shape index (κ3) is 1.98. The van der Waals surface area contributed by atoms with Crippen LogP contribution in [0.15, 0.2) is 12.1 Å². The third-order valence-corrected chi connectivity index (χ3v) is 3.38. The van der Waals surface area contributed by atoms with Gasteiger partial charge in [0.05, 0.1) is 23.3 Å². The average molecular weight is 266 g/mol. The van der Waals surface area contributed by atoms with E-state index >= 15 is 0 Å². The van der Waals surface area contributed by atoms with Gasteiger partial charge >= 0.3 is 0 Å². The summed E-state index contributed by atoms with van der Waals surface area (Å²) < 4.78 is 5.21. The molecular weight excluding hydrogens is 250 g/mol. The van der Waals surface area contributed by atoms with Crippen LogP contribution in [0.2, 0.25) is 5.02 Å². The topological polar surface area (TPSA) is 60.2 Å². The van der Waals surface area contributed by atoms with Gasteiger partial charge in [0.15, 0.2) is 0 Å². The number of aromatic nitrogens is 1. The summed E-state index contributed by atoms with van der Waals surface area (Å²) in [6.45, 7) is 4.06. The monoisotopic (exact) mass is 265 g/mol. The summed E-state index contributed by atoms with van der Waals surface area (Å²) in [6, 6.07) is 3.65. The molecular formula is C13H16ClN3O. The molecule has 4 nitrogen and oxygen atoms in total. The fraction of sp³-hybridized carbons (Fsp3) is 0.308. The van der Waals surface area contributed by atoms with E-state index in [1.165, 1.54) is 0 Å². The molecule has 1 heterocycles. The van der Waals surface area contributed by atoms with Crippen molar-refractivity contribution in [3.63, 3.8) is 0 Å². The van der Waals surface area contributed by atoms with Crippen LogP contribution in [0.4, 0.5) is 5.69 Å². The number of aryl methyl sites for hydroxylation is 1. The molecule has 2 aromatic rings. The molecule has 1 aromatic heterocycles. The minimum absolute atomic E-state index is 0.548. The van der Waals surface area contributed by atoms with Gasteiger partial charge in [-0.3, -0.25) is 10.8 Å². The standard InChI is InChI=1S/C13H16ClN3O/c1-4-10-7(2)13(17-15)8-5-9(14)12(18-3)6-11(8)16-10/h5-6H,4,15H2,1-3H3,(H,16,17). The number of nitrogens with one attached hydrogen (secondary N) is 1. The number of hydrogen-bond donors (Lipinski definition) is 2. The van der Waals surface area contributed by atoms with Crippen molar-refractivity contribution in [2.24, 2.45) is 5.84 Å². The molecule has 0 amide bonds. The quantitative estimate of drug-likeness (QED) is 0.661. The number of nitrogens with zero attached hydrogens (tertiary/aromatic N) is 1. The van der Waals surface area contributed by atoms with Gasteiger partial charge in [-0.25, -0.2) is 0 Å². The number of halogens is 1. The lowest BCUT2D eigenvalue weighted by Crippen LogP contribution is -2.11. The lowest BCUT2D eigenvalue weighted by Gasteiger charge is -2.14. The van der Waals surface area contributed by atoms with Crippen molar-refractivity contribution in [1.29, 1.82) is 0 Å². The highest BCUT2D eigenvalue weighted by atomic mass is 35.5. The van der Waals surface area contributed by atoms with E-state index in [0.717, 1.165) is 34.3 Å². The molecule has 18 heavy (non-hydrogen) atoms. The van der Waals surface area contributed by atoms with Crippen LogP contribution in [0, 0.1) is 6.92 Å². The average Bonchev–Trinajstić information content (AvgIpc) is 2.38. The highest BCUT2D eigenvalue weighted by molar-refractivity contribution is 6.33. The highest BCUT2D eigenvalue weighted by Gasteiger charge is 2.12. The Balaban J connectivity index is 2.84. The second-order valence-electron chi connectivity index (χ2n) is 4.06. The first-order valence-electron chi connectivity index (χ1n) is 5.75. The van der Waals surface area contributed by atoms with Crippen LogP contribution in [-0.2, 0) is 6.42 Å². The number of rotatable bonds is 3. The Kier molecular flexibility index (Phi) is 3.59.